The zero-order valence-corrected chi connectivity index (χ0v) is 21.1. The monoisotopic (exact) mass is 547 g/mol. The molecule has 3 heterocycles. The molecule has 1 atom stereocenters. The Hall–Kier alpha value is -3.17. The first-order chi connectivity index (χ1) is 18.3. The SMILES string of the molecule is OC1CCC(Cc2ccc(-c3cnc4[nH]cc([C@@H](CF)c5c(OC(F)F)ccc(F)c5Cl)c4c3)cn2)CC1. The highest BCUT2D eigenvalue weighted by molar-refractivity contribution is 6.31. The number of pyridine rings is 2. The molecule has 1 aromatic carbocycles. The van der Waals surface area contributed by atoms with Gasteiger partial charge in [-0.25, -0.2) is 9.37 Å². The Bertz CT molecular complexity index is 1410. The average Bonchev–Trinajstić information content (AvgIpc) is 3.33. The normalized spacial score (nSPS) is 18.7. The number of aromatic amines is 1. The van der Waals surface area contributed by atoms with Crippen molar-refractivity contribution >= 4 is 22.6 Å². The summed E-state index contributed by atoms with van der Waals surface area (Å²) in [6.45, 7) is -4.22. The molecule has 0 bridgehead atoms. The second-order valence-electron chi connectivity index (χ2n) is 9.64. The van der Waals surface area contributed by atoms with Gasteiger partial charge >= 0.3 is 6.61 Å². The van der Waals surface area contributed by atoms with Crippen LogP contribution in [0.25, 0.3) is 22.2 Å². The molecule has 0 amide bonds. The highest BCUT2D eigenvalue weighted by atomic mass is 35.5. The van der Waals surface area contributed by atoms with Gasteiger partial charge in [-0.15, -0.1) is 0 Å². The Morgan fingerprint density at radius 3 is 2.50 bits per heavy atom. The first kappa shape index (κ1) is 26.4. The van der Waals surface area contributed by atoms with E-state index in [1.165, 1.54) is 6.20 Å². The summed E-state index contributed by atoms with van der Waals surface area (Å²) < 4.78 is 59.4. The number of nitrogens with zero attached hydrogens (tertiary/aromatic N) is 2. The van der Waals surface area contributed by atoms with Crippen molar-refractivity contribution in [2.45, 2.75) is 50.7 Å². The maximum absolute atomic E-state index is 14.5. The van der Waals surface area contributed by atoms with E-state index in [4.69, 9.17) is 11.6 Å². The average molecular weight is 548 g/mol. The molecule has 10 heteroatoms. The van der Waals surface area contributed by atoms with Crippen molar-refractivity contribution in [2.75, 3.05) is 6.67 Å². The van der Waals surface area contributed by atoms with E-state index in [1.54, 1.807) is 18.5 Å². The van der Waals surface area contributed by atoms with Gasteiger partial charge in [-0.05, 0) is 67.9 Å². The number of benzene rings is 1. The van der Waals surface area contributed by atoms with Crippen LogP contribution in [0.2, 0.25) is 5.02 Å². The minimum atomic E-state index is -3.19. The number of aromatic nitrogens is 3. The van der Waals surface area contributed by atoms with Gasteiger partial charge in [0.15, 0.2) is 0 Å². The maximum atomic E-state index is 14.5. The van der Waals surface area contributed by atoms with Crippen molar-refractivity contribution < 1.29 is 27.4 Å². The third-order valence-electron chi connectivity index (χ3n) is 7.22. The van der Waals surface area contributed by atoms with Gasteiger partial charge in [0.1, 0.15) is 23.9 Å². The summed E-state index contributed by atoms with van der Waals surface area (Å²) in [5.74, 6) is -1.92. The summed E-state index contributed by atoms with van der Waals surface area (Å²) in [4.78, 5) is 12.0. The van der Waals surface area contributed by atoms with Crippen molar-refractivity contribution in [3.8, 4) is 16.9 Å². The van der Waals surface area contributed by atoms with E-state index in [9.17, 15) is 22.7 Å². The summed E-state index contributed by atoms with van der Waals surface area (Å²) in [7, 11) is 0. The molecule has 3 aromatic heterocycles. The molecule has 0 aliphatic heterocycles. The number of nitrogens with one attached hydrogen (secondary N) is 1. The lowest BCUT2D eigenvalue weighted by atomic mass is 9.84. The van der Waals surface area contributed by atoms with E-state index in [-0.39, 0.29) is 17.4 Å². The van der Waals surface area contributed by atoms with Gasteiger partial charge in [0.2, 0.25) is 0 Å². The van der Waals surface area contributed by atoms with Gasteiger partial charge in [-0.3, -0.25) is 9.37 Å². The second-order valence-corrected chi connectivity index (χ2v) is 10.0. The summed E-state index contributed by atoms with van der Waals surface area (Å²) >= 11 is 6.13. The lowest BCUT2D eigenvalue weighted by Crippen LogP contribution is -2.19. The number of fused-ring (bicyclic) bond motifs is 1. The Balaban J connectivity index is 1.46. The topological polar surface area (TPSA) is 71.0 Å². The molecular formula is C28H26ClF4N3O2. The predicted octanol–water partition coefficient (Wildman–Crippen LogP) is 7.21. The van der Waals surface area contributed by atoms with E-state index in [2.05, 4.69) is 19.7 Å². The van der Waals surface area contributed by atoms with Crippen LogP contribution in [0, 0.1) is 11.7 Å². The van der Waals surface area contributed by atoms with Crippen molar-refractivity contribution in [1.29, 1.82) is 0 Å². The molecule has 0 radical (unpaired) electrons. The molecule has 1 aliphatic rings. The molecule has 1 fully saturated rings. The van der Waals surface area contributed by atoms with Crippen LogP contribution in [0.1, 0.15) is 48.4 Å². The molecule has 0 spiro atoms. The fourth-order valence-electron chi connectivity index (χ4n) is 5.22. The largest absolute Gasteiger partial charge is 0.434 e. The minimum Gasteiger partial charge on any atom is -0.434 e. The van der Waals surface area contributed by atoms with E-state index < -0.39 is 30.0 Å². The first-order valence-electron chi connectivity index (χ1n) is 12.4. The van der Waals surface area contributed by atoms with Gasteiger partial charge in [0.25, 0.3) is 0 Å². The van der Waals surface area contributed by atoms with E-state index >= 15 is 0 Å². The fraction of sp³-hybridized carbons (Fsp3) is 0.357. The van der Waals surface area contributed by atoms with Crippen molar-refractivity contribution in [3.63, 3.8) is 0 Å². The van der Waals surface area contributed by atoms with Crippen LogP contribution in [0.4, 0.5) is 17.6 Å². The second kappa shape index (κ2) is 11.3. The lowest BCUT2D eigenvalue weighted by Gasteiger charge is -2.25. The van der Waals surface area contributed by atoms with E-state index in [0.717, 1.165) is 61.1 Å². The van der Waals surface area contributed by atoms with E-state index in [0.29, 0.717) is 22.5 Å². The molecule has 0 unspecified atom stereocenters. The fourth-order valence-corrected chi connectivity index (χ4v) is 5.51. The zero-order valence-electron chi connectivity index (χ0n) is 20.3. The maximum Gasteiger partial charge on any atom is 0.387 e. The number of H-pyrrole nitrogens is 1. The number of aliphatic hydroxyl groups excluding tert-OH is 1. The van der Waals surface area contributed by atoms with Crippen LogP contribution in [-0.2, 0) is 6.42 Å². The van der Waals surface area contributed by atoms with Crippen LogP contribution < -0.4 is 4.74 Å². The molecule has 200 valence electrons. The summed E-state index contributed by atoms with van der Waals surface area (Å²) in [5.41, 5.74) is 3.14. The highest BCUT2D eigenvalue weighted by Gasteiger charge is 2.28. The van der Waals surface area contributed by atoms with Crippen LogP contribution in [0.5, 0.6) is 5.75 Å². The number of aliphatic hydroxyl groups is 1. The molecule has 5 nitrogen and oxygen atoms in total. The number of rotatable bonds is 8. The van der Waals surface area contributed by atoms with Gasteiger partial charge in [-0.1, -0.05) is 17.7 Å². The quantitative estimate of drug-likeness (QED) is 0.229. The summed E-state index contributed by atoms with van der Waals surface area (Å²) in [5, 5.41) is 9.78. The van der Waals surface area contributed by atoms with Crippen LogP contribution >= 0.6 is 11.6 Å². The van der Waals surface area contributed by atoms with Crippen LogP contribution in [0.3, 0.4) is 0 Å². The number of halogens is 5. The Morgan fingerprint density at radius 2 is 1.82 bits per heavy atom. The lowest BCUT2D eigenvalue weighted by molar-refractivity contribution is -0.0506. The molecule has 2 N–H and O–H groups in total. The molecule has 4 aromatic rings. The summed E-state index contributed by atoms with van der Waals surface area (Å²) in [6, 6.07) is 7.64. The van der Waals surface area contributed by atoms with Crippen molar-refractivity contribution in [2.24, 2.45) is 5.92 Å². The van der Waals surface area contributed by atoms with Crippen LogP contribution in [0.15, 0.2) is 48.9 Å². The minimum absolute atomic E-state index is 0.193. The van der Waals surface area contributed by atoms with Gasteiger partial charge < -0.3 is 14.8 Å². The van der Waals surface area contributed by atoms with Crippen LogP contribution in [-0.4, -0.2) is 39.4 Å². The first-order valence-corrected chi connectivity index (χ1v) is 12.8. The number of hydrogen-bond acceptors (Lipinski definition) is 4. The molecule has 1 saturated carbocycles. The number of alkyl halides is 3. The molecule has 0 saturated heterocycles. The van der Waals surface area contributed by atoms with Crippen molar-refractivity contribution in [3.05, 3.63) is 76.6 Å². The molecule has 38 heavy (non-hydrogen) atoms. The third-order valence-corrected chi connectivity index (χ3v) is 7.61. The number of ether oxygens (including phenoxy) is 1. The Kier molecular flexibility index (Phi) is 7.85. The van der Waals surface area contributed by atoms with Gasteiger partial charge in [0, 0.05) is 52.3 Å². The van der Waals surface area contributed by atoms with Crippen molar-refractivity contribution in [1.82, 2.24) is 15.0 Å². The van der Waals surface area contributed by atoms with Gasteiger partial charge in [0.05, 0.1) is 11.1 Å². The standard InChI is InChI=1S/C28H26ClF4N3O2/c29-26-23(31)7-8-24(38-28(32)33)25(26)21(11-30)22-14-36-27-20(22)10-17(13-35-27)16-3-4-18(34-12-16)9-15-1-5-19(37)6-2-15/h3-4,7-8,10,12-15,19,21,28,37H,1-2,5-6,9,11H2,(H,35,36)/t15?,19?,21-/m1/s1. The Labute approximate surface area is 221 Å². The molecular weight excluding hydrogens is 522 g/mol. The molecule has 1 aliphatic carbocycles. The summed E-state index contributed by atoms with van der Waals surface area (Å²) in [6.07, 6.45) is 9.20. The smallest absolute Gasteiger partial charge is 0.387 e. The Morgan fingerprint density at radius 1 is 1.05 bits per heavy atom. The van der Waals surface area contributed by atoms with Gasteiger partial charge in [-0.2, -0.15) is 8.78 Å². The highest BCUT2D eigenvalue weighted by Crippen LogP contribution is 2.42. The number of hydrogen-bond donors (Lipinski definition) is 2. The molecule has 5 rings (SSSR count). The third kappa shape index (κ3) is 5.49. The van der Waals surface area contributed by atoms with E-state index in [1.807, 2.05) is 12.1 Å². The zero-order chi connectivity index (χ0) is 26.8. The predicted molar refractivity (Wildman–Crippen MR) is 137 cm³/mol.